The first kappa shape index (κ1) is 15.9. The monoisotopic (exact) mass is 313 g/mol. The van der Waals surface area contributed by atoms with Crippen LogP contribution in [0.25, 0.3) is 5.70 Å². The van der Waals surface area contributed by atoms with Crippen molar-refractivity contribution >= 4 is 17.3 Å². The van der Waals surface area contributed by atoms with Gasteiger partial charge in [-0.05, 0) is 35.8 Å². The number of hydrogen-bond acceptors (Lipinski definition) is 4. The molecule has 1 aromatic rings. The second kappa shape index (κ2) is 5.31. The summed E-state index contributed by atoms with van der Waals surface area (Å²) in [5, 5.41) is 9.36. The van der Waals surface area contributed by atoms with E-state index in [2.05, 4.69) is 13.8 Å². The molecular formula is C19H23NO3. The second-order valence-electron chi connectivity index (χ2n) is 7.32. The molecule has 2 aliphatic carbocycles. The molecule has 3 N–H and O–H groups in total. The summed E-state index contributed by atoms with van der Waals surface area (Å²) in [5.41, 5.74) is 10.1. The van der Waals surface area contributed by atoms with Gasteiger partial charge in [-0.3, -0.25) is 9.59 Å². The number of rotatable bonds is 2. The van der Waals surface area contributed by atoms with Crippen LogP contribution in [0.4, 0.5) is 0 Å². The van der Waals surface area contributed by atoms with E-state index in [1.165, 1.54) is 0 Å². The Morgan fingerprint density at radius 3 is 2.61 bits per heavy atom. The summed E-state index contributed by atoms with van der Waals surface area (Å²) in [6, 6.07) is 3.91. The van der Waals surface area contributed by atoms with E-state index in [9.17, 15) is 14.7 Å². The topological polar surface area (TPSA) is 80.4 Å². The zero-order valence-corrected chi connectivity index (χ0v) is 13.9. The fourth-order valence-electron chi connectivity index (χ4n) is 3.95. The van der Waals surface area contributed by atoms with Crippen molar-refractivity contribution in [1.82, 2.24) is 0 Å². The summed E-state index contributed by atoms with van der Waals surface area (Å²) < 4.78 is 0. The molecule has 0 aromatic heterocycles. The number of ketones is 2. The summed E-state index contributed by atoms with van der Waals surface area (Å²) in [4.78, 5) is 25.3. The van der Waals surface area contributed by atoms with Crippen molar-refractivity contribution in [3.63, 3.8) is 0 Å². The molecule has 0 saturated heterocycles. The quantitative estimate of drug-likeness (QED) is 0.821. The largest absolute Gasteiger partial charge is 0.398 e. The molecule has 1 unspecified atom stereocenters. The Hall–Kier alpha value is -1.94. The van der Waals surface area contributed by atoms with Crippen LogP contribution in [-0.2, 0) is 16.6 Å². The van der Waals surface area contributed by atoms with Gasteiger partial charge in [-0.2, -0.15) is 0 Å². The zero-order valence-electron chi connectivity index (χ0n) is 13.9. The summed E-state index contributed by atoms with van der Waals surface area (Å²) in [7, 11) is 0. The van der Waals surface area contributed by atoms with E-state index in [0.29, 0.717) is 16.8 Å². The number of nitrogens with two attached hydrogens (primary N) is 1. The Morgan fingerprint density at radius 1 is 1.26 bits per heavy atom. The highest BCUT2D eigenvalue weighted by Gasteiger charge is 2.38. The van der Waals surface area contributed by atoms with Gasteiger partial charge < -0.3 is 10.8 Å². The van der Waals surface area contributed by atoms with Crippen molar-refractivity contribution in [2.75, 3.05) is 6.61 Å². The van der Waals surface area contributed by atoms with Crippen LogP contribution in [0.3, 0.4) is 0 Å². The lowest BCUT2D eigenvalue weighted by atomic mass is 9.69. The summed E-state index contributed by atoms with van der Waals surface area (Å²) in [6.45, 7) is 5.85. The number of hydrogen-bond donors (Lipinski definition) is 2. The predicted octanol–water partition coefficient (Wildman–Crippen LogP) is 2.36. The standard InChI is InChI=1S/C19H23NO3/c1-10(9-21)14-16(20)12-6-7-13-11(5-4-8-19(13,2)3)15(12)18(23)17(14)22/h6-7,10,21H,4-5,8-9,20H2,1-3H3. The lowest BCUT2D eigenvalue weighted by molar-refractivity contribution is -0.112. The van der Waals surface area contributed by atoms with Crippen molar-refractivity contribution in [1.29, 1.82) is 0 Å². The Kier molecular flexibility index (Phi) is 3.68. The Labute approximate surface area is 136 Å². The first-order chi connectivity index (χ1) is 10.8. The van der Waals surface area contributed by atoms with Gasteiger partial charge in [0.25, 0.3) is 0 Å². The first-order valence-corrected chi connectivity index (χ1v) is 8.16. The van der Waals surface area contributed by atoms with E-state index in [1.54, 1.807) is 6.92 Å². The zero-order chi connectivity index (χ0) is 16.9. The Bertz CT molecular complexity index is 743. The molecule has 3 rings (SSSR count). The number of fused-ring (bicyclic) bond motifs is 3. The highest BCUT2D eigenvalue weighted by Crippen LogP contribution is 2.42. The predicted molar refractivity (Wildman–Crippen MR) is 89.1 cm³/mol. The maximum absolute atomic E-state index is 12.8. The number of carbonyl (C=O) groups is 2. The summed E-state index contributed by atoms with van der Waals surface area (Å²) in [5.74, 6) is -1.47. The maximum atomic E-state index is 12.8. The van der Waals surface area contributed by atoms with Crippen LogP contribution in [-0.4, -0.2) is 23.3 Å². The van der Waals surface area contributed by atoms with Gasteiger partial charge in [0, 0.05) is 34.9 Å². The van der Waals surface area contributed by atoms with Crippen LogP contribution >= 0.6 is 0 Å². The SMILES string of the molecule is CC(CO)C1=C(N)c2ccc3c(c2C(=O)C1=O)CCCC3(C)C. The average molecular weight is 313 g/mol. The molecule has 1 atom stereocenters. The van der Waals surface area contributed by atoms with Crippen LogP contribution in [0.1, 0.15) is 60.7 Å². The molecule has 0 radical (unpaired) electrons. The minimum atomic E-state index is -0.562. The van der Waals surface area contributed by atoms with Crippen molar-refractivity contribution in [3.8, 4) is 0 Å². The fraction of sp³-hybridized carbons (Fsp3) is 0.474. The van der Waals surface area contributed by atoms with Crippen LogP contribution < -0.4 is 5.73 Å². The molecule has 0 fully saturated rings. The van der Waals surface area contributed by atoms with E-state index in [0.717, 1.165) is 30.4 Å². The van der Waals surface area contributed by atoms with Crippen LogP contribution in [0.5, 0.6) is 0 Å². The minimum absolute atomic E-state index is 0.00306. The van der Waals surface area contributed by atoms with Gasteiger partial charge >= 0.3 is 0 Å². The van der Waals surface area contributed by atoms with E-state index in [1.807, 2.05) is 12.1 Å². The number of aliphatic hydroxyl groups excluding tert-OH is 1. The molecule has 2 aliphatic rings. The van der Waals surface area contributed by atoms with Crippen molar-refractivity contribution < 1.29 is 14.7 Å². The molecule has 0 bridgehead atoms. The molecule has 23 heavy (non-hydrogen) atoms. The molecule has 0 spiro atoms. The maximum Gasteiger partial charge on any atom is 0.234 e. The molecular weight excluding hydrogens is 290 g/mol. The van der Waals surface area contributed by atoms with Crippen molar-refractivity contribution in [2.24, 2.45) is 11.7 Å². The average Bonchev–Trinajstić information content (AvgIpc) is 2.51. The van der Waals surface area contributed by atoms with E-state index >= 15 is 0 Å². The van der Waals surface area contributed by atoms with Crippen molar-refractivity contribution in [2.45, 2.75) is 45.4 Å². The lowest BCUT2D eigenvalue weighted by Crippen LogP contribution is -2.34. The van der Waals surface area contributed by atoms with Crippen LogP contribution in [0, 0.1) is 5.92 Å². The number of aliphatic hydroxyl groups is 1. The van der Waals surface area contributed by atoms with Crippen molar-refractivity contribution in [3.05, 3.63) is 40.0 Å². The van der Waals surface area contributed by atoms with Gasteiger partial charge in [0.2, 0.25) is 11.6 Å². The molecule has 0 amide bonds. The third kappa shape index (κ3) is 2.24. The highest BCUT2D eigenvalue weighted by atomic mass is 16.3. The molecule has 0 saturated carbocycles. The lowest BCUT2D eigenvalue weighted by Gasteiger charge is -2.35. The van der Waals surface area contributed by atoms with Crippen LogP contribution in [0.15, 0.2) is 17.7 Å². The summed E-state index contributed by atoms with van der Waals surface area (Å²) in [6.07, 6.45) is 2.87. The summed E-state index contributed by atoms with van der Waals surface area (Å²) >= 11 is 0. The molecule has 4 nitrogen and oxygen atoms in total. The van der Waals surface area contributed by atoms with Gasteiger partial charge in [0.05, 0.1) is 0 Å². The van der Waals surface area contributed by atoms with E-state index in [4.69, 9.17) is 5.73 Å². The number of carbonyl (C=O) groups excluding carboxylic acids is 2. The Balaban J connectivity index is 2.29. The smallest absolute Gasteiger partial charge is 0.234 e. The number of Topliss-reactive ketones (excluding diaryl/α,β-unsaturated/α-hetero) is 2. The first-order valence-electron chi connectivity index (χ1n) is 8.16. The molecule has 0 heterocycles. The number of benzene rings is 1. The van der Waals surface area contributed by atoms with Gasteiger partial charge in [-0.25, -0.2) is 0 Å². The molecule has 1 aromatic carbocycles. The normalized spacial score (nSPS) is 21.0. The fourth-order valence-corrected chi connectivity index (χ4v) is 3.95. The van der Waals surface area contributed by atoms with Gasteiger partial charge in [-0.1, -0.05) is 32.9 Å². The van der Waals surface area contributed by atoms with E-state index in [-0.39, 0.29) is 17.6 Å². The Morgan fingerprint density at radius 2 is 1.96 bits per heavy atom. The molecule has 0 aliphatic heterocycles. The third-order valence-electron chi connectivity index (χ3n) is 5.30. The van der Waals surface area contributed by atoms with Gasteiger partial charge in [-0.15, -0.1) is 0 Å². The second-order valence-corrected chi connectivity index (χ2v) is 7.32. The highest BCUT2D eigenvalue weighted by molar-refractivity contribution is 6.52. The minimum Gasteiger partial charge on any atom is -0.398 e. The van der Waals surface area contributed by atoms with Crippen LogP contribution in [0.2, 0.25) is 0 Å². The molecule has 4 heteroatoms. The van der Waals surface area contributed by atoms with Gasteiger partial charge in [0.15, 0.2) is 0 Å². The van der Waals surface area contributed by atoms with Gasteiger partial charge in [0.1, 0.15) is 0 Å². The van der Waals surface area contributed by atoms with E-state index < -0.39 is 17.5 Å². The third-order valence-corrected chi connectivity index (χ3v) is 5.30. The molecule has 122 valence electrons.